The fourth-order valence-electron chi connectivity index (χ4n) is 1.32. The summed E-state index contributed by atoms with van der Waals surface area (Å²) in [6.45, 7) is 1.20. The summed E-state index contributed by atoms with van der Waals surface area (Å²) in [5, 5.41) is 7.21. The van der Waals surface area contributed by atoms with Crippen LogP contribution in [0.15, 0.2) is 17.5 Å². The summed E-state index contributed by atoms with van der Waals surface area (Å²) < 4.78 is 4.86. The first-order chi connectivity index (χ1) is 8.72. The number of amides is 2. The minimum absolute atomic E-state index is 0.0250. The van der Waals surface area contributed by atoms with Crippen molar-refractivity contribution in [1.29, 1.82) is 0 Å². The van der Waals surface area contributed by atoms with Crippen LogP contribution in [-0.4, -0.2) is 38.6 Å². The maximum Gasteiger partial charge on any atom is 0.239 e. The zero-order chi connectivity index (χ0) is 13.2. The molecule has 0 aromatic carbocycles. The first kappa shape index (κ1) is 14.7. The van der Waals surface area contributed by atoms with Crippen LogP contribution in [-0.2, 0) is 20.7 Å². The van der Waals surface area contributed by atoms with Gasteiger partial charge in [-0.3, -0.25) is 9.59 Å². The van der Waals surface area contributed by atoms with Crippen molar-refractivity contribution < 1.29 is 14.3 Å². The monoisotopic (exact) mass is 270 g/mol. The number of hydrogen-bond acceptors (Lipinski definition) is 4. The highest BCUT2D eigenvalue weighted by Crippen LogP contribution is 2.08. The Labute approximate surface area is 111 Å². The molecule has 0 unspecified atom stereocenters. The van der Waals surface area contributed by atoms with Gasteiger partial charge < -0.3 is 15.4 Å². The van der Waals surface area contributed by atoms with E-state index in [1.165, 1.54) is 11.3 Å². The highest BCUT2D eigenvalue weighted by atomic mass is 32.1. The van der Waals surface area contributed by atoms with E-state index in [4.69, 9.17) is 4.74 Å². The number of thiophene rings is 1. The van der Waals surface area contributed by atoms with Crippen molar-refractivity contribution in [3.8, 4) is 0 Å². The molecule has 0 aliphatic rings. The maximum absolute atomic E-state index is 11.5. The molecule has 0 spiro atoms. The molecule has 2 amide bonds. The lowest BCUT2D eigenvalue weighted by Crippen LogP contribution is -2.38. The van der Waals surface area contributed by atoms with Crippen molar-refractivity contribution in [2.75, 3.05) is 26.8 Å². The molecule has 5 nitrogen and oxygen atoms in total. The number of methoxy groups -OCH3 is 1. The van der Waals surface area contributed by atoms with Gasteiger partial charge in [-0.25, -0.2) is 0 Å². The SMILES string of the molecule is COCCCNC(=O)CNC(=O)Cc1cccs1. The highest BCUT2D eigenvalue weighted by Gasteiger charge is 2.06. The van der Waals surface area contributed by atoms with Crippen molar-refractivity contribution in [3.05, 3.63) is 22.4 Å². The molecule has 0 bridgehead atoms. The number of hydrogen-bond donors (Lipinski definition) is 2. The van der Waals surface area contributed by atoms with E-state index in [0.29, 0.717) is 19.6 Å². The number of carbonyl (C=O) groups excluding carboxylic acids is 2. The van der Waals surface area contributed by atoms with E-state index in [2.05, 4.69) is 10.6 Å². The summed E-state index contributed by atoms with van der Waals surface area (Å²) in [6.07, 6.45) is 1.10. The van der Waals surface area contributed by atoms with Crippen LogP contribution >= 0.6 is 11.3 Å². The zero-order valence-electron chi connectivity index (χ0n) is 10.4. The number of nitrogens with one attached hydrogen (secondary N) is 2. The standard InChI is InChI=1S/C12H18N2O3S/c1-17-6-3-5-13-12(16)9-14-11(15)8-10-4-2-7-18-10/h2,4,7H,3,5-6,8-9H2,1H3,(H,13,16)(H,14,15). The average molecular weight is 270 g/mol. The van der Waals surface area contributed by atoms with Gasteiger partial charge in [-0.1, -0.05) is 6.07 Å². The Morgan fingerprint density at radius 2 is 2.17 bits per heavy atom. The molecule has 0 fully saturated rings. The summed E-state index contributed by atoms with van der Waals surface area (Å²) in [5.74, 6) is -0.310. The normalized spacial score (nSPS) is 10.1. The Morgan fingerprint density at radius 3 is 2.83 bits per heavy atom. The Kier molecular flexibility index (Phi) is 7.05. The third-order valence-electron chi connectivity index (χ3n) is 2.21. The van der Waals surface area contributed by atoms with Gasteiger partial charge in [-0.2, -0.15) is 0 Å². The molecule has 100 valence electrons. The van der Waals surface area contributed by atoms with Gasteiger partial charge >= 0.3 is 0 Å². The number of ether oxygens (including phenoxy) is 1. The fraction of sp³-hybridized carbons (Fsp3) is 0.500. The van der Waals surface area contributed by atoms with Crippen molar-refractivity contribution >= 4 is 23.2 Å². The van der Waals surface area contributed by atoms with Crippen LogP contribution in [0, 0.1) is 0 Å². The van der Waals surface area contributed by atoms with Gasteiger partial charge in [0.25, 0.3) is 0 Å². The van der Waals surface area contributed by atoms with Gasteiger partial charge in [-0.15, -0.1) is 11.3 Å². The zero-order valence-corrected chi connectivity index (χ0v) is 11.2. The molecule has 18 heavy (non-hydrogen) atoms. The van der Waals surface area contributed by atoms with Crippen LogP contribution in [0.1, 0.15) is 11.3 Å². The van der Waals surface area contributed by atoms with Crippen molar-refractivity contribution in [2.45, 2.75) is 12.8 Å². The van der Waals surface area contributed by atoms with Gasteiger partial charge in [-0.05, 0) is 17.9 Å². The average Bonchev–Trinajstić information content (AvgIpc) is 2.85. The summed E-state index contributed by atoms with van der Waals surface area (Å²) >= 11 is 1.53. The minimum atomic E-state index is -0.175. The van der Waals surface area contributed by atoms with Crippen LogP contribution in [0.3, 0.4) is 0 Å². The van der Waals surface area contributed by atoms with E-state index in [-0.39, 0.29) is 18.4 Å². The quantitative estimate of drug-likeness (QED) is 0.678. The third-order valence-corrected chi connectivity index (χ3v) is 3.08. The topological polar surface area (TPSA) is 67.4 Å². The largest absolute Gasteiger partial charge is 0.385 e. The minimum Gasteiger partial charge on any atom is -0.385 e. The van der Waals surface area contributed by atoms with E-state index < -0.39 is 0 Å². The molecule has 0 aliphatic carbocycles. The summed E-state index contributed by atoms with van der Waals surface area (Å²) in [4.78, 5) is 23.8. The first-order valence-corrected chi connectivity index (χ1v) is 6.65. The lowest BCUT2D eigenvalue weighted by molar-refractivity contribution is -0.125. The molecule has 1 rings (SSSR count). The smallest absolute Gasteiger partial charge is 0.239 e. The molecule has 6 heteroatoms. The van der Waals surface area contributed by atoms with E-state index in [9.17, 15) is 9.59 Å². The Morgan fingerprint density at radius 1 is 1.33 bits per heavy atom. The molecule has 0 saturated carbocycles. The second kappa shape index (κ2) is 8.66. The van der Waals surface area contributed by atoms with Crippen molar-refractivity contribution in [2.24, 2.45) is 0 Å². The third kappa shape index (κ3) is 6.36. The molecule has 2 N–H and O–H groups in total. The molecule has 0 atom stereocenters. The lowest BCUT2D eigenvalue weighted by Gasteiger charge is -2.06. The van der Waals surface area contributed by atoms with E-state index in [0.717, 1.165) is 11.3 Å². The Balaban J connectivity index is 2.08. The van der Waals surface area contributed by atoms with Crippen LogP contribution in [0.2, 0.25) is 0 Å². The van der Waals surface area contributed by atoms with E-state index >= 15 is 0 Å². The summed E-state index contributed by atoms with van der Waals surface area (Å²) in [6, 6.07) is 3.80. The maximum atomic E-state index is 11.5. The van der Waals surface area contributed by atoms with E-state index in [1.54, 1.807) is 7.11 Å². The number of rotatable bonds is 8. The first-order valence-electron chi connectivity index (χ1n) is 5.77. The molecular formula is C12H18N2O3S. The Bertz CT molecular complexity index is 365. The van der Waals surface area contributed by atoms with Crippen LogP contribution in [0.4, 0.5) is 0 Å². The number of carbonyl (C=O) groups is 2. The van der Waals surface area contributed by atoms with Crippen LogP contribution in [0.25, 0.3) is 0 Å². The van der Waals surface area contributed by atoms with Gasteiger partial charge in [0, 0.05) is 25.1 Å². The van der Waals surface area contributed by atoms with Gasteiger partial charge in [0.2, 0.25) is 11.8 Å². The van der Waals surface area contributed by atoms with Gasteiger partial charge in [0.1, 0.15) is 0 Å². The summed E-state index contributed by atoms with van der Waals surface area (Å²) in [5.41, 5.74) is 0. The highest BCUT2D eigenvalue weighted by molar-refractivity contribution is 7.10. The van der Waals surface area contributed by atoms with Crippen LogP contribution < -0.4 is 10.6 Å². The molecule has 1 heterocycles. The van der Waals surface area contributed by atoms with Gasteiger partial charge in [0.05, 0.1) is 13.0 Å². The molecule has 0 aliphatic heterocycles. The lowest BCUT2D eigenvalue weighted by atomic mass is 10.3. The van der Waals surface area contributed by atoms with Crippen molar-refractivity contribution in [3.63, 3.8) is 0 Å². The predicted molar refractivity (Wildman–Crippen MR) is 70.5 cm³/mol. The molecular weight excluding hydrogens is 252 g/mol. The second-order valence-electron chi connectivity index (χ2n) is 3.73. The van der Waals surface area contributed by atoms with Crippen molar-refractivity contribution in [1.82, 2.24) is 10.6 Å². The molecule has 0 radical (unpaired) electrons. The molecule has 1 aromatic heterocycles. The predicted octanol–water partition coefficient (Wildman–Crippen LogP) is 0.560. The fourth-order valence-corrected chi connectivity index (χ4v) is 2.02. The molecule has 0 saturated heterocycles. The second-order valence-corrected chi connectivity index (χ2v) is 4.76. The summed E-state index contributed by atoms with van der Waals surface area (Å²) in [7, 11) is 1.62. The Hall–Kier alpha value is -1.40. The molecule has 1 aromatic rings. The van der Waals surface area contributed by atoms with Crippen LogP contribution in [0.5, 0.6) is 0 Å². The van der Waals surface area contributed by atoms with E-state index in [1.807, 2.05) is 17.5 Å². The van der Waals surface area contributed by atoms with Gasteiger partial charge in [0.15, 0.2) is 0 Å².